The van der Waals surface area contributed by atoms with Gasteiger partial charge >= 0.3 is 0 Å². The van der Waals surface area contributed by atoms with Gasteiger partial charge in [-0.1, -0.05) is 6.07 Å². The van der Waals surface area contributed by atoms with Crippen LogP contribution in [0, 0.1) is 0 Å². The summed E-state index contributed by atoms with van der Waals surface area (Å²) in [4.78, 5) is 8.57. The number of aryl methyl sites for hydroxylation is 1. The normalized spacial score (nSPS) is 10.8. The molecule has 0 fully saturated rings. The molecule has 182 valence electrons. The summed E-state index contributed by atoms with van der Waals surface area (Å²) in [7, 11) is 5.17. The first kappa shape index (κ1) is 23.0. The van der Waals surface area contributed by atoms with Gasteiger partial charge in [-0.05, 0) is 48.5 Å². The first-order valence-corrected chi connectivity index (χ1v) is 11.4. The second kappa shape index (κ2) is 10.3. The van der Waals surface area contributed by atoms with Crippen molar-refractivity contribution in [3.05, 3.63) is 91.1 Å². The lowest BCUT2D eigenvalue weighted by Gasteiger charge is -2.13. The standard InChI is InChI=1S/C28H26N4O4/c1-32-18-29-16-20(32)17-35-22-5-4-6-23(13-22)36-21-9-7-19(8-10-21)31-25-11-12-30-26-15-28(34-3)27(33-2)14-24(25)26/h4-16,18H,17H2,1-3H3,(H,30,31). The summed E-state index contributed by atoms with van der Waals surface area (Å²) in [5.74, 6) is 3.43. The highest BCUT2D eigenvalue weighted by atomic mass is 16.5. The summed E-state index contributed by atoms with van der Waals surface area (Å²) >= 11 is 0. The highest BCUT2D eigenvalue weighted by Crippen LogP contribution is 2.35. The molecule has 36 heavy (non-hydrogen) atoms. The molecule has 0 aliphatic heterocycles. The van der Waals surface area contributed by atoms with Crippen molar-refractivity contribution in [2.75, 3.05) is 19.5 Å². The van der Waals surface area contributed by atoms with E-state index in [1.807, 2.05) is 78.3 Å². The van der Waals surface area contributed by atoms with Crippen molar-refractivity contribution in [2.24, 2.45) is 7.05 Å². The first-order valence-electron chi connectivity index (χ1n) is 11.4. The summed E-state index contributed by atoms with van der Waals surface area (Å²) in [6.07, 6.45) is 5.30. The number of imidazole rings is 1. The maximum Gasteiger partial charge on any atom is 0.162 e. The predicted octanol–water partition coefficient (Wildman–Crippen LogP) is 6.10. The largest absolute Gasteiger partial charge is 0.493 e. The number of fused-ring (bicyclic) bond motifs is 1. The van der Waals surface area contributed by atoms with Gasteiger partial charge in [-0.3, -0.25) is 4.98 Å². The number of rotatable bonds is 9. The summed E-state index contributed by atoms with van der Waals surface area (Å²) in [5, 5.41) is 4.38. The van der Waals surface area contributed by atoms with Crippen molar-refractivity contribution in [3.8, 4) is 28.7 Å². The quantitative estimate of drug-likeness (QED) is 0.272. The van der Waals surface area contributed by atoms with Crippen LogP contribution in [0.3, 0.4) is 0 Å². The number of anilines is 2. The van der Waals surface area contributed by atoms with Crippen LogP contribution in [-0.2, 0) is 13.7 Å². The zero-order valence-corrected chi connectivity index (χ0v) is 20.3. The Morgan fingerprint density at radius 3 is 2.39 bits per heavy atom. The van der Waals surface area contributed by atoms with Crippen molar-refractivity contribution in [2.45, 2.75) is 6.61 Å². The van der Waals surface area contributed by atoms with Crippen molar-refractivity contribution in [3.63, 3.8) is 0 Å². The zero-order chi connectivity index (χ0) is 24.9. The molecule has 0 bridgehead atoms. The maximum absolute atomic E-state index is 6.05. The highest BCUT2D eigenvalue weighted by Gasteiger charge is 2.10. The molecule has 8 nitrogen and oxygen atoms in total. The first-order chi connectivity index (χ1) is 17.6. The molecule has 8 heteroatoms. The number of benzene rings is 3. The molecule has 0 aliphatic carbocycles. The maximum atomic E-state index is 6.05. The average Bonchev–Trinajstić information content (AvgIpc) is 3.32. The number of ether oxygens (including phenoxy) is 4. The van der Waals surface area contributed by atoms with Crippen molar-refractivity contribution in [1.82, 2.24) is 14.5 Å². The lowest BCUT2D eigenvalue weighted by atomic mass is 10.1. The second-order valence-corrected chi connectivity index (χ2v) is 8.09. The van der Waals surface area contributed by atoms with Crippen LogP contribution in [0.15, 0.2) is 85.5 Å². The van der Waals surface area contributed by atoms with Gasteiger partial charge in [-0.15, -0.1) is 0 Å². The molecule has 2 heterocycles. The van der Waals surface area contributed by atoms with E-state index in [9.17, 15) is 0 Å². The van der Waals surface area contributed by atoms with E-state index in [1.54, 1.807) is 32.9 Å². The molecule has 0 saturated heterocycles. The Kier molecular flexibility index (Phi) is 6.57. The molecule has 0 radical (unpaired) electrons. The summed E-state index contributed by atoms with van der Waals surface area (Å²) in [6, 6.07) is 21.0. The fraction of sp³-hybridized carbons (Fsp3) is 0.143. The van der Waals surface area contributed by atoms with Crippen molar-refractivity contribution in [1.29, 1.82) is 0 Å². The number of hydrogen-bond donors (Lipinski definition) is 1. The molecule has 0 atom stereocenters. The second-order valence-electron chi connectivity index (χ2n) is 8.09. The van der Waals surface area contributed by atoms with Crippen LogP contribution in [-0.4, -0.2) is 28.8 Å². The molecule has 3 aromatic carbocycles. The van der Waals surface area contributed by atoms with Crippen LogP contribution < -0.4 is 24.3 Å². The summed E-state index contributed by atoms with van der Waals surface area (Å²) < 4.78 is 24.7. The van der Waals surface area contributed by atoms with E-state index in [4.69, 9.17) is 18.9 Å². The summed E-state index contributed by atoms with van der Waals surface area (Å²) in [6.45, 7) is 0.433. The fourth-order valence-corrected chi connectivity index (χ4v) is 3.79. The number of methoxy groups -OCH3 is 2. The Morgan fingerprint density at radius 2 is 1.64 bits per heavy atom. The number of nitrogens with zero attached hydrogens (tertiary/aromatic N) is 3. The third-order valence-corrected chi connectivity index (χ3v) is 5.72. The van der Waals surface area contributed by atoms with E-state index >= 15 is 0 Å². The Labute approximate surface area is 209 Å². The van der Waals surface area contributed by atoms with E-state index in [0.29, 0.717) is 23.9 Å². The SMILES string of the molecule is COc1cc2nccc(Nc3ccc(Oc4cccc(OCc5cncn5C)c4)cc3)c2cc1OC. The smallest absolute Gasteiger partial charge is 0.162 e. The van der Waals surface area contributed by atoms with E-state index in [-0.39, 0.29) is 0 Å². The van der Waals surface area contributed by atoms with Crippen LogP contribution in [0.5, 0.6) is 28.7 Å². The van der Waals surface area contributed by atoms with E-state index in [0.717, 1.165) is 39.5 Å². The minimum Gasteiger partial charge on any atom is -0.493 e. The van der Waals surface area contributed by atoms with Crippen LogP contribution in [0.4, 0.5) is 11.4 Å². The molecule has 0 saturated carbocycles. The molecule has 0 amide bonds. The minimum absolute atomic E-state index is 0.433. The molecule has 2 aromatic heterocycles. The zero-order valence-electron chi connectivity index (χ0n) is 20.3. The Balaban J connectivity index is 1.28. The molecule has 5 rings (SSSR count). The lowest BCUT2D eigenvalue weighted by Crippen LogP contribution is -2.01. The monoisotopic (exact) mass is 482 g/mol. The fourth-order valence-electron chi connectivity index (χ4n) is 3.79. The Hall–Kier alpha value is -4.72. The van der Waals surface area contributed by atoms with Gasteiger partial charge in [0.25, 0.3) is 0 Å². The van der Waals surface area contributed by atoms with Gasteiger partial charge in [-0.25, -0.2) is 4.98 Å². The van der Waals surface area contributed by atoms with Gasteiger partial charge in [0.2, 0.25) is 0 Å². The topological polar surface area (TPSA) is 79.7 Å². The molecular weight excluding hydrogens is 456 g/mol. The van der Waals surface area contributed by atoms with Crippen LogP contribution in [0.1, 0.15) is 5.69 Å². The highest BCUT2D eigenvalue weighted by molar-refractivity contribution is 5.95. The average molecular weight is 483 g/mol. The molecule has 0 unspecified atom stereocenters. The van der Waals surface area contributed by atoms with E-state index < -0.39 is 0 Å². The van der Waals surface area contributed by atoms with Crippen molar-refractivity contribution >= 4 is 22.3 Å². The van der Waals surface area contributed by atoms with Gasteiger partial charge in [0.1, 0.15) is 23.9 Å². The molecule has 1 N–H and O–H groups in total. The van der Waals surface area contributed by atoms with Crippen LogP contribution in [0.2, 0.25) is 0 Å². The van der Waals surface area contributed by atoms with Crippen LogP contribution in [0.25, 0.3) is 10.9 Å². The predicted molar refractivity (Wildman–Crippen MR) is 139 cm³/mol. The number of nitrogens with one attached hydrogen (secondary N) is 1. The third-order valence-electron chi connectivity index (χ3n) is 5.72. The van der Waals surface area contributed by atoms with E-state index in [1.165, 1.54) is 0 Å². The van der Waals surface area contributed by atoms with E-state index in [2.05, 4.69) is 15.3 Å². The van der Waals surface area contributed by atoms with Gasteiger partial charge in [0.05, 0.1) is 38.0 Å². The molecule has 0 spiro atoms. The number of hydrogen-bond acceptors (Lipinski definition) is 7. The minimum atomic E-state index is 0.433. The van der Waals surface area contributed by atoms with Gasteiger partial charge in [0.15, 0.2) is 11.5 Å². The molecule has 0 aliphatic rings. The summed E-state index contributed by atoms with van der Waals surface area (Å²) in [5.41, 5.74) is 3.62. The third kappa shape index (κ3) is 5.02. The number of aromatic nitrogens is 3. The van der Waals surface area contributed by atoms with Gasteiger partial charge in [-0.2, -0.15) is 0 Å². The van der Waals surface area contributed by atoms with Crippen LogP contribution >= 0.6 is 0 Å². The molecule has 5 aromatic rings. The number of pyridine rings is 1. The molecular formula is C28H26N4O4. The Bertz CT molecular complexity index is 1480. The lowest BCUT2D eigenvalue weighted by molar-refractivity contribution is 0.295. The van der Waals surface area contributed by atoms with Gasteiger partial charge in [0, 0.05) is 42.1 Å². The Morgan fingerprint density at radius 1 is 0.861 bits per heavy atom. The van der Waals surface area contributed by atoms with Crippen molar-refractivity contribution < 1.29 is 18.9 Å². The van der Waals surface area contributed by atoms with Gasteiger partial charge < -0.3 is 28.8 Å².